The molecule has 1 unspecified atom stereocenters. The smallest absolute Gasteiger partial charge is 0.329 e. The number of hydrogen-bond acceptors (Lipinski definition) is 2. The first kappa shape index (κ1) is 8.07. The van der Waals surface area contributed by atoms with Gasteiger partial charge in [-0.1, -0.05) is 30.3 Å². The molecule has 4 heteroatoms. The molecule has 1 atom stereocenters. The highest BCUT2D eigenvalue weighted by Crippen LogP contribution is 2.11. The fourth-order valence-corrected chi connectivity index (χ4v) is 1.33. The predicted molar refractivity (Wildman–Crippen MR) is 48.9 cm³/mol. The van der Waals surface area contributed by atoms with Crippen LogP contribution in [0, 0.1) is 0 Å². The Balaban J connectivity index is 2.07. The molecule has 1 saturated heterocycles. The molecule has 1 heterocycles. The lowest BCUT2D eigenvalue weighted by Gasteiger charge is -2.25. The van der Waals surface area contributed by atoms with E-state index in [-0.39, 0.29) is 12.1 Å². The van der Waals surface area contributed by atoms with Gasteiger partial charge in [-0.25, -0.2) is 10.2 Å². The molecule has 1 fully saturated rings. The van der Waals surface area contributed by atoms with Crippen molar-refractivity contribution in [2.75, 3.05) is 6.54 Å². The van der Waals surface area contributed by atoms with Gasteiger partial charge < -0.3 is 5.32 Å². The fourth-order valence-electron chi connectivity index (χ4n) is 1.33. The Morgan fingerprint density at radius 1 is 1.23 bits per heavy atom. The number of urea groups is 1. The van der Waals surface area contributed by atoms with Crippen LogP contribution in [-0.2, 0) is 0 Å². The summed E-state index contributed by atoms with van der Waals surface area (Å²) in [6.45, 7) is 0.621. The van der Waals surface area contributed by atoms with Crippen LogP contribution < -0.4 is 16.2 Å². The average Bonchev–Trinajstić information content (AvgIpc) is 2.20. The standard InChI is InChI=1S/C9H11N3O/c13-9-10-6-8(11-12-9)7-4-2-1-3-5-7/h1-5,8,11H,6H2,(H2,10,12,13). The van der Waals surface area contributed by atoms with Crippen molar-refractivity contribution in [2.45, 2.75) is 6.04 Å². The van der Waals surface area contributed by atoms with Gasteiger partial charge in [-0.2, -0.15) is 0 Å². The zero-order chi connectivity index (χ0) is 9.10. The molecule has 0 aromatic heterocycles. The topological polar surface area (TPSA) is 53.2 Å². The minimum Gasteiger partial charge on any atom is -0.335 e. The van der Waals surface area contributed by atoms with Crippen molar-refractivity contribution >= 4 is 6.03 Å². The number of benzene rings is 1. The van der Waals surface area contributed by atoms with Gasteiger partial charge in [0, 0.05) is 6.54 Å². The molecule has 1 aliphatic rings. The van der Waals surface area contributed by atoms with E-state index in [0.717, 1.165) is 5.56 Å². The molecule has 0 aliphatic carbocycles. The van der Waals surface area contributed by atoms with E-state index >= 15 is 0 Å². The second-order valence-corrected chi connectivity index (χ2v) is 2.94. The van der Waals surface area contributed by atoms with Crippen LogP contribution in [0.4, 0.5) is 4.79 Å². The van der Waals surface area contributed by atoms with Crippen LogP contribution in [-0.4, -0.2) is 12.6 Å². The minimum absolute atomic E-state index is 0.152. The highest BCUT2D eigenvalue weighted by Gasteiger charge is 2.17. The van der Waals surface area contributed by atoms with E-state index in [1.807, 2.05) is 30.3 Å². The summed E-state index contributed by atoms with van der Waals surface area (Å²) in [7, 11) is 0. The summed E-state index contributed by atoms with van der Waals surface area (Å²) < 4.78 is 0. The Labute approximate surface area is 76.3 Å². The lowest BCUT2D eigenvalue weighted by molar-refractivity contribution is 0.222. The van der Waals surface area contributed by atoms with E-state index in [0.29, 0.717) is 6.54 Å². The van der Waals surface area contributed by atoms with E-state index in [9.17, 15) is 4.79 Å². The van der Waals surface area contributed by atoms with Crippen LogP contribution in [0.2, 0.25) is 0 Å². The van der Waals surface area contributed by atoms with Crippen LogP contribution in [0.15, 0.2) is 30.3 Å². The van der Waals surface area contributed by atoms with E-state index < -0.39 is 0 Å². The maximum atomic E-state index is 10.8. The normalized spacial score (nSPS) is 21.8. The SMILES string of the molecule is O=C1NCC(c2ccccc2)NN1. The maximum Gasteiger partial charge on any atom is 0.329 e. The number of hydrazine groups is 1. The molecule has 0 bridgehead atoms. The van der Waals surface area contributed by atoms with Crippen molar-refractivity contribution in [3.05, 3.63) is 35.9 Å². The second-order valence-electron chi connectivity index (χ2n) is 2.94. The molecule has 1 aromatic carbocycles. The summed E-state index contributed by atoms with van der Waals surface area (Å²) >= 11 is 0. The summed E-state index contributed by atoms with van der Waals surface area (Å²) in [5, 5.41) is 2.72. The highest BCUT2D eigenvalue weighted by molar-refractivity contribution is 5.74. The van der Waals surface area contributed by atoms with Crippen molar-refractivity contribution in [1.82, 2.24) is 16.2 Å². The molecule has 68 valence electrons. The van der Waals surface area contributed by atoms with Gasteiger partial charge in [0.25, 0.3) is 0 Å². The molecule has 13 heavy (non-hydrogen) atoms. The van der Waals surface area contributed by atoms with E-state index in [2.05, 4.69) is 16.2 Å². The van der Waals surface area contributed by atoms with E-state index in [1.54, 1.807) is 0 Å². The summed E-state index contributed by atoms with van der Waals surface area (Å²) in [5.74, 6) is 0. The van der Waals surface area contributed by atoms with Gasteiger partial charge in [0.15, 0.2) is 0 Å². The first-order valence-electron chi connectivity index (χ1n) is 4.20. The summed E-state index contributed by atoms with van der Waals surface area (Å²) in [6, 6.07) is 9.96. The molecule has 3 N–H and O–H groups in total. The second kappa shape index (κ2) is 3.45. The molecule has 2 rings (SSSR count). The molecule has 2 amide bonds. The first-order chi connectivity index (χ1) is 6.36. The van der Waals surface area contributed by atoms with Gasteiger partial charge in [-0.05, 0) is 5.56 Å². The first-order valence-corrected chi connectivity index (χ1v) is 4.20. The minimum atomic E-state index is -0.174. The van der Waals surface area contributed by atoms with Crippen molar-refractivity contribution in [1.29, 1.82) is 0 Å². The van der Waals surface area contributed by atoms with Crippen molar-refractivity contribution < 1.29 is 4.79 Å². The maximum absolute atomic E-state index is 10.8. The van der Waals surface area contributed by atoms with Gasteiger partial charge in [-0.15, -0.1) is 0 Å². The zero-order valence-corrected chi connectivity index (χ0v) is 7.08. The number of amides is 2. The lowest BCUT2D eigenvalue weighted by Crippen LogP contribution is -2.54. The van der Waals surface area contributed by atoms with E-state index in [4.69, 9.17) is 0 Å². The Bertz CT molecular complexity index is 289. The van der Waals surface area contributed by atoms with Crippen LogP contribution in [0.25, 0.3) is 0 Å². The Hall–Kier alpha value is -1.55. The molecule has 1 aliphatic heterocycles. The number of rotatable bonds is 1. The fraction of sp³-hybridized carbons (Fsp3) is 0.222. The number of carbonyl (C=O) groups excluding carboxylic acids is 1. The van der Waals surface area contributed by atoms with Gasteiger partial charge in [0.05, 0.1) is 6.04 Å². The third-order valence-corrected chi connectivity index (χ3v) is 2.03. The molecular formula is C9H11N3O. The molecular weight excluding hydrogens is 166 g/mol. The van der Waals surface area contributed by atoms with Crippen LogP contribution in [0.1, 0.15) is 11.6 Å². The molecule has 0 saturated carbocycles. The van der Waals surface area contributed by atoms with Crippen LogP contribution >= 0.6 is 0 Å². The molecule has 0 radical (unpaired) electrons. The third kappa shape index (κ3) is 1.78. The van der Waals surface area contributed by atoms with Gasteiger partial charge in [-0.3, -0.25) is 5.43 Å². The van der Waals surface area contributed by atoms with Crippen molar-refractivity contribution in [3.8, 4) is 0 Å². The number of nitrogens with one attached hydrogen (secondary N) is 3. The summed E-state index contributed by atoms with van der Waals surface area (Å²) in [5.41, 5.74) is 6.62. The third-order valence-electron chi connectivity index (χ3n) is 2.03. The van der Waals surface area contributed by atoms with Crippen LogP contribution in [0.5, 0.6) is 0 Å². The van der Waals surface area contributed by atoms with Crippen molar-refractivity contribution in [3.63, 3.8) is 0 Å². The van der Waals surface area contributed by atoms with Crippen molar-refractivity contribution in [2.24, 2.45) is 0 Å². The Kier molecular flexibility index (Phi) is 2.14. The quantitative estimate of drug-likeness (QED) is 0.586. The molecule has 4 nitrogen and oxygen atoms in total. The van der Waals surface area contributed by atoms with Crippen LogP contribution in [0.3, 0.4) is 0 Å². The summed E-state index contributed by atoms with van der Waals surface area (Å²) in [4.78, 5) is 10.8. The highest BCUT2D eigenvalue weighted by atomic mass is 16.2. The Morgan fingerprint density at radius 3 is 2.62 bits per heavy atom. The molecule has 0 spiro atoms. The Morgan fingerprint density at radius 2 is 2.00 bits per heavy atom. The van der Waals surface area contributed by atoms with Gasteiger partial charge in [0.2, 0.25) is 0 Å². The summed E-state index contributed by atoms with van der Waals surface area (Å²) in [6.07, 6.45) is 0. The zero-order valence-electron chi connectivity index (χ0n) is 7.08. The van der Waals surface area contributed by atoms with Gasteiger partial charge >= 0.3 is 6.03 Å². The molecule has 1 aromatic rings. The van der Waals surface area contributed by atoms with E-state index in [1.165, 1.54) is 0 Å². The number of carbonyl (C=O) groups is 1. The predicted octanol–water partition coefficient (Wildman–Crippen LogP) is 0.545. The largest absolute Gasteiger partial charge is 0.335 e. The monoisotopic (exact) mass is 177 g/mol. The number of hydrogen-bond donors (Lipinski definition) is 3. The lowest BCUT2D eigenvalue weighted by atomic mass is 10.1. The van der Waals surface area contributed by atoms with Gasteiger partial charge in [0.1, 0.15) is 0 Å². The average molecular weight is 177 g/mol.